The number of urea groups is 1. The molecule has 0 atom stereocenters. The lowest BCUT2D eigenvalue weighted by Gasteiger charge is -2.22. The summed E-state index contributed by atoms with van der Waals surface area (Å²) in [4.78, 5) is 14.4. The summed E-state index contributed by atoms with van der Waals surface area (Å²) >= 11 is 0. The number of amides is 2. The smallest absolute Gasteiger partial charge is 0.346 e. The van der Waals surface area contributed by atoms with Gasteiger partial charge in [-0.3, -0.25) is 4.90 Å². The van der Waals surface area contributed by atoms with E-state index in [0.717, 1.165) is 17.1 Å². The number of rotatable bonds is 3. The van der Waals surface area contributed by atoms with E-state index in [-0.39, 0.29) is 30.6 Å². The topological polar surface area (TPSA) is 67.9 Å². The summed E-state index contributed by atoms with van der Waals surface area (Å²) in [5.74, 6) is 0.203. The Bertz CT molecular complexity index is 853. The van der Waals surface area contributed by atoms with Crippen LogP contribution in [0.4, 0.5) is 16.2 Å². The first-order valence-electron chi connectivity index (χ1n) is 8.29. The molecular weight excluding hydrogens is 364 g/mol. The fraction of sp³-hybridized carbons (Fsp3) is 0.150. The molecule has 2 aromatic carbocycles. The van der Waals surface area contributed by atoms with Gasteiger partial charge < -0.3 is 17.5 Å². The van der Waals surface area contributed by atoms with Crippen LogP contribution in [0.15, 0.2) is 77.7 Å². The van der Waals surface area contributed by atoms with Crippen molar-refractivity contribution in [2.45, 2.75) is 13.3 Å². The molecule has 0 aliphatic carbocycles. The number of allylic oxidation sites excluding steroid dienone is 1. The summed E-state index contributed by atoms with van der Waals surface area (Å²) in [7, 11) is 1.82. The molecule has 2 aromatic rings. The van der Waals surface area contributed by atoms with Crippen molar-refractivity contribution in [3.05, 3.63) is 72.6 Å². The molecule has 6 nitrogen and oxygen atoms in total. The van der Waals surface area contributed by atoms with Gasteiger partial charge in [-0.05, 0) is 24.3 Å². The summed E-state index contributed by atoms with van der Waals surface area (Å²) in [6.45, 7) is 1.89. The molecule has 0 bridgehead atoms. The van der Waals surface area contributed by atoms with Crippen LogP contribution in [0.25, 0.3) is 0 Å². The number of halogens is 1. The van der Waals surface area contributed by atoms with Gasteiger partial charge in [0.1, 0.15) is 12.8 Å². The number of carbonyl (C=O) groups excluding carboxylic acids is 1. The third-order valence-corrected chi connectivity index (χ3v) is 4.16. The minimum absolute atomic E-state index is 0. The molecule has 0 saturated heterocycles. The SMILES string of the molecule is CC1=[N+](C)C=C(O)CC1=NNC(=O)N(c1ccccc1)c1ccccc1.[Cl-]. The van der Waals surface area contributed by atoms with Crippen LogP contribution in [-0.4, -0.2) is 34.2 Å². The first kappa shape index (κ1) is 20.2. The van der Waals surface area contributed by atoms with Crippen LogP contribution in [0.5, 0.6) is 0 Å². The first-order valence-corrected chi connectivity index (χ1v) is 8.29. The number of nitrogens with zero attached hydrogens (tertiary/aromatic N) is 3. The molecule has 3 rings (SSSR count). The van der Waals surface area contributed by atoms with E-state index in [1.807, 2.05) is 74.6 Å². The Labute approximate surface area is 164 Å². The van der Waals surface area contributed by atoms with Crippen LogP contribution in [0.2, 0.25) is 0 Å². The van der Waals surface area contributed by atoms with Crippen LogP contribution >= 0.6 is 0 Å². The molecule has 1 aliphatic rings. The summed E-state index contributed by atoms with van der Waals surface area (Å²) in [5, 5.41) is 14.0. The zero-order chi connectivity index (χ0) is 18.5. The van der Waals surface area contributed by atoms with Crippen LogP contribution in [0.3, 0.4) is 0 Å². The number of benzene rings is 2. The number of aliphatic hydroxyl groups is 1. The monoisotopic (exact) mass is 384 g/mol. The average molecular weight is 385 g/mol. The van der Waals surface area contributed by atoms with Crippen molar-refractivity contribution in [3.63, 3.8) is 0 Å². The quantitative estimate of drug-likeness (QED) is 0.607. The summed E-state index contributed by atoms with van der Waals surface area (Å²) in [5.41, 5.74) is 5.57. The van der Waals surface area contributed by atoms with Gasteiger partial charge in [-0.15, -0.1) is 0 Å². The van der Waals surface area contributed by atoms with Crippen molar-refractivity contribution in [2.75, 3.05) is 11.9 Å². The molecule has 7 heteroatoms. The van der Waals surface area contributed by atoms with Gasteiger partial charge in [0.05, 0.1) is 17.8 Å². The van der Waals surface area contributed by atoms with E-state index < -0.39 is 0 Å². The molecule has 0 unspecified atom stereocenters. The zero-order valence-corrected chi connectivity index (χ0v) is 15.9. The third-order valence-electron chi connectivity index (χ3n) is 4.16. The average Bonchev–Trinajstić information content (AvgIpc) is 2.65. The minimum Gasteiger partial charge on any atom is -1.00 e. The largest absolute Gasteiger partial charge is 1.00 e. The van der Waals surface area contributed by atoms with Crippen LogP contribution in [0.1, 0.15) is 13.3 Å². The van der Waals surface area contributed by atoms with Crippen molar-refractivity contribution in [1.82, 2.24) is 5.43 Å². The van der Waals surface area contributed by atoms with E-state index in [4.69, 9.17) is 0 Å². The number of nitrogens with one attached hydrogen (secondary N) is 1. The maximum atomic E-state index is 12.9. The predicted molar refractivity (Wildman–Crippen MR) is 103 cm³/mol. The number of hydrazone groups is 1. The van der Waals surface area contributed by atoms with Crippen molar-refractivity contribution < 1.29 is 26.9 Å². The third kappa shape index (κ3) is 4.74. The molecule has 2 N–H and O–H groups in total. The van der Waals surface area contributed by atoms with Crippen molar-refractivity contribution in [1.29, 1.82) is 0 Å². The number of hydrogen-bond donors (Lipinski definition) is 2. The van der Waals surface area contributed by atoms with Crippen LogP contribution in [0, 0.1) is 0 Å². The standard InChI is InChI=1S/C20H20N4O2.ClH/c1-15-19(13-18(25)14-23(15)2)21-22-20(26)24(16-9-5-3-6-10-16)17-11-7-4-8-12-17;/h3-12,14,25H,13H2,1-2H3;1H. The molecule has 0 radical (unpaired) electrons. The maximum absolute atomic E-state index is 12.9. The van der Waals surface area contributed by atoms with Crippen molar-refractivity contribution in [3.8, 4) is 0 Å². The molecule has 2 amide bonds. The molecule has 140 valence electrons. The lowest BCUT2D eigenvalue weighted by atomic mass is 10.1. The van der Waals surface area contributed by atoms with Gasteiger partial charge in [0, 0.05) is 6.92 Å². The zero-order valence-electron chi connectivity index (χ0n) is 15.1. The summed E-state index contributed by atoms with van der Waals surface area (Å²) in [6.07, 6.45) is 1.92. The van der Waals surface area contributed by atoms with Crippen molar-refractivity contribution >= 4 is 28.8 Å². The van der Waals surface area contributed by atoms with E-state index in [1.165, 1.54) is 0 Å². The Morgan fingerprint density at radius 3 is 2.11 bits per heavy atom. The number of para-hydroxylation sites is 2. The molecule has 27 heavy (non-hydrogen) atoms. The Morgan fingerprint density at radius 1 is 1.07 bits per heavy atom. The Balaban J connectivity index is 0.00000261. The minimum atomic E-state index is -0.376. The fourth-order valence-electron chi connectivity index (χ4n) is 2.69. The molecule has 0 aromatic heterocycles. The van der Waals surface area contributed by atoms with Gasteiger partial charge in [-0.2, -0.15) is 5.10 Å². The Hall–Kier alpha value is -3.12. The number of aliphatic hydroxyl groups excluding tert-OH is 1. The molecule has 0 saturated carbocycles. The maximum Gasteiger partial charge on any atom is 0.346 e. The molecular formula is C20H21ClN4O2. The summed E-state index contributed by atoms with van der Waals surface area (Å²) in [6, 6.07) is 18.4. The van der Waals surface area contributed by atoms with E-state index in [9.17, 15) is 9.90 Å². The lowest BCUT2D eigenvalue weighted by Crippen LogP contribution is -3.00. The second kappa shape index (κ2) is 9.00. The predicted octanol–water partition coefficient (Wildman–Crippen LogP) is 0.801. The van der Waals surface area contributed by atoms with Crippen LogP contribution in [-0.2, 0) is 0 Å². The van der Waals surface area contributed by atoms with Gasteiger partial charge in [0.2, 0.25) is 11.9 Å². The lowest BCUT2D eigenvalue weighted by molar-refractivity contribution is -0.424. The highest BCUT2D eigenvalue weighted by atomic mass is 35.5. The highest BCUT2D eigenvalue weighted by molar-refractivity contribution is 6.40. The molecule has 0 fully saturated rings. The van der Waals surface area contributed by atoms with Gasteiger partial charge in [-0.25, -0.2) is 14.8 Å². The second-order valence-electron chi connectivity index (χ2n) is 5.98. The number of carbonyl (C=O) groups is 1. The first-order chi connectivity index (χ1) is 12.6. The highest BCUT2D eigenvalue weighted by Gasteiger charge is 2.23. The van der Waals surface area contributed by atoms with E-state index in [1.54, 1.807) is 15.7 Å². The van der Waals surface area contributed by atoms with Crippen molar-refractivity contribution in [2.24, 2.45) is 5.10 Å². The van der Waals surface area contributed by atoms with Gasteiger partial charge in [-0.1, -0.05) is 36.4 Å². The van der Waals surface area contributed by atoms with E-state index in [2.05, 4.69) is 10.5 Å². The molecule has 0 spiro atoms. The van der Waals surface area contributed by atoms with Gasteiger partial charge in [0.25, 0.3) is 0 Å². The highest BCUT2D eigenvalue weighted by Crippen LogP contribution is 2.24. The second-order valence-corrected chi connectivity index (χ2v) is 5.98. The van der Waals surface area contributed by atoms with Crippen LogP contribution < -0.4 is 22.7 Å². The Kier molecular flexibility index (Phi) is 6.73. The molecule has 1 heterocycles. The van der Waals surface area contributed by atoms with Gasteiger partial charge >= 0.3 is 6.03 Å². The fourth-order valence-corrected chi connectivity index (χ4v) is 2.69. The summed E-state index contributed by atoms with van der Waals surface area (Å²) < 4.78 is 1.77. The number of hydrogen-bond acceptors (Lipinski definition) is 3. The molecule has 1 aliphatic heterocycles. The Morgan fingerprint density at radius 2 is 1.59 bits per heavy atom. The normalized spacial score (nSPS) is 15.0. The number of anilines is 2. The van der Waals surface area contributed by atoms with E-state index in [0.29, 0.717) is 5.71 Å². The van der Waals surface area contributed by atoms with Gasteiger partial charge in [0.15, 0.2) is 5.76 Å². The van der Waals surface area contributed by atoms with E-state index >= 15 is 0 Å².